The smallest absolute Gasteiger partial charge is 0.326 e. The topological polar surface area (TPSA) is 96.5 Å². The highest BCUT2D eigenvalue weighted by atomic mass is 79.9. The number of esters is 1. The van der Waals surface area contributed by atoms with Gasteiger partial charge in [0, 0.05) is 20.5 Å². The van der Waals surface area contributed by atoms with Gasteiger partial charge in [-0.25, -0.2) is 0 Å². The number of carbonyl (C=O) groups is 3. The van der Waals surface area contributed by atoms with Crippen molar-refractivity contribution >= 4 is 56.8 Å². The number of carbonyl (C=O) groups excluding carboxylic acids is 3. The third-order valence-electron chi connectivity index (χ3n) is 7.64. The molecule has 2 amide bonds. The van der Waals surface area contributed by atoms with Crippen molar-refractivity contribution in [1.29, 1.82) is 0 Å². The van der Waals surface area contributed by atoms with Crippen molar-refractivity contribution in [3.05, 3.63) is 48.8 Å². The van der Waals surface area contributed by atoms with Crippen molar-refractivity contribution in [2.45, 2.75) is 29.5 Å². The zero-order valence-electron chi connectivity index (χ0n) is 17.7. The molecular weight excluding hydrogens is 528 g/mol. The monoisotopic (exact) mass is 548 g/mol. The van der Waals surface area contributed by atoms with E-state index in [4.69, 9.17) is 4.74 Å². The summed E-state index contributed by atoms with van der Waals surface area (Å²) in [6, 6.07) is 8.16. The molecule has 7 atom stereocenters. The second-order valence-corrected chi connectivity index (χ2v) is 12.2. The van der Waals surface area contributed by atoms with Crippen molar-refractivity contribution in [2.75, 3.05) is 13.2 Å². The summed E-state index contributed by atoms with van der Waals surface area (Å²) in [5.41, 5.74) is 1.12. The number of halogens is 1. The molecule has 10 heteroatoms. The van der Waals surface area contributed by atoms with E-state index in [1.165, 1.54) is 11.3 Å². The first-order valence-electron chi connectivity index (χ1n) is 11.0. The molecule has 33 heavy (non-hydrogen) atoms. The Morgan fingerprint density at radius 2 is 1.85 bits per heavy atom. The molecule has 0 radical (unpaired) electrons. The molecule has 1 aromatic heterocycles. The average molecular weight is 549 g/mol. The number of thiazole rings is 1. The number of aromatic nitrogens is 1. The first kappa shape index (κ1) is 21.6. The molecular formula is C23H21BrN2O5S2. The lowest BCUT2D eigenvalue weighted by atomic mass is 9.68. The van der Waals surface area contributed by atoms with Crippen LogP contribution in [0.1, 0.15) is 29.7 Å². The minimum absolute atomic E-state index is 0.00117. The van der Waals surface area contributed by atoms with Crippen LogP contribution >= 0.6 is 39.0 Å². The minimum Gasteiger partial charge on any atom is -0.465 e. The van der Waals surface area contributed by atoms with E-state index in [0.717, 1.165) is 31.3 Å². The number of nitrogens with zero attached hydrogens (tertiary/aromatic N) is 1. The molecule has 0 spiro atoms. The van der Waals surface area contributed by atoms with Crippen molar-refractivity contribution in [3.63, 3.8) is 0 Å². The number of imide groups is 1. The lowest BCUT2D eigenvalue weighted by Gasteiger charge is -2.43. The summed E-state index contributed by atoms with van der Waals surface area (Å²) < 4.78 is 5.97. The standard InChI is InChI=1S/C23H21BrN2O5S2/c1-2-31-13(27)8-26-21(28)16-11-7-12(17(16)22(26)29)18-15(11)14(9-3-5-10(24)6-4-9)19-20(32-18)25-23(30)33-19/h3-6,11-12,14-18H,2,7-8H2,1H3,(H,25,30)/t11?,12?,14-,15?,16?,17?,18?/m1/s1. The van der Waals surface area contributed by atoms with Gasteiger partial charge in [-0.1, -0.05) is 39.4 Å². The van der Waals surface area contributed by atoms with Crippen LogP contribution in [0.4, 0.5) is 0 Å². The van der Waals surface area contributed by atoms with Crippen LogP contribution in [0.2, 0.25) is 0 Å². The summed E-state index contributed by atoms with van der Waals surface area (Å²) in [4.78, 5) is 56.0. The normalized spacial score (nSPS) is 33.8. The Labute approximate surface area is 206 Å². The number of hydrogen-bond donors (Lipinski definition) is 1. The summed E-state index contributed by atoms with van der Waals surface area (Å²) in [6.45, 7) is 1.61. The highest BCUT2D eigenvalue weighted by Gasteiger charge is 2.69. The molecule has 7 nitrogen and oxygen atoms in total. The average Bonchev–Trinajstić information content (AvgIpc) is 3.50. The fraction of sp³-hybridized carbons (Fsp3) is 0.478. The number of nitrogens with one attached hydrogen (secondary N) is 1. The largest absolute Gasteiger partial charge is 0.465 e. The van der Waals surface area contributed by atoms with E-state index in [1.807, 2.05) is 12.1 Å². The fourth-order valence-corrected chi connectivity index (χ4v) is 9.77. The number of aromatic amines is 1. The molecule has 2 aliphatic carbocycles. The fourth-order valence-electron chi connectivity index (χ4n) is 6.61. The summed E-state index contributed by atoms with van der Waals surface area (Å²) >= 11 is 6.41. The van der Waals surface area contributed by atoms with E-state index in [1.54, 1.807) is 18.7 Å². The van der Waals surface area contributed by atoms with Gasteiger partial charge in [-0.15, -0.1) is 11.8 Å². The van der Waals surface area contributed by atoms with E-state index in [0.29, 0.717) is 0 Å². The van der Waals surface area contributed by atoms with Gasteiger partial charge in [0.25, 0.3) is 0 Å². The number of amides is 2. The molecule has 6 unspecified atom stereocenters. The molecule has 2 bridgehead atoms. The molecule has 3 fully saturated rings. The van der Waals surface area contributed by atoms with Crippen LogP contribution in [0, 0.1) is 29.6 Å². The van der Waals surface area contributed by atoms with Gasteiger partial charge in [0.2, 0.25) is 11.8 Å². The third kappa shape index (κ3) is 3.13. The molecule has 1 N–H and O–H groups in total. The maximum absolute atomic E-state index is 13.4. The Morgan fingerprint density at radius 1 is 1.15 bits per heavy atom. The molecule has 1 aromatic carbocycles. The summed E-state index contributed by atoms with van der Waals surface area (Å²) in [5, 5.41) is 1.03. The molecule has 3 heterocycles. The minimum atomic E-state index is -0.550. The van der Waals surface area contributed by atoms with Crippen LogP contribution in [0.5, 0.6) is 0 Å². The first-order chi connectivity index (χ1) is 15.9. The van der Waals surface area contributed by atoms with Gasteiger partial charge in [0.15, 0.2) is 0 Å². The summed E-state index contributed by atoms with van der Waals surface area (Å²) in [6.07, 6.45) is 0.828. The lowest BCUT2D eigenvalue weighted by molar-refractivity contribution is -0.153. The molecule has 4 aliphatic rings. The van der Waals surface area contributed by atoms with Crippen molar-refractivity contribution in [3.8, 4) is 0 Å². The first-order valence-corrected chi connectivity index (χ1v) is 13.5. The van der Waals surface area contributed by atoms with E-state index < -0.39 is 11.9 Å². The van der Waals surface area contributed by atoms with E-state index in [-0.39, 0.29) is 64.7 Å². The zero-order chi connectivity index (χ0) is 23.0. The number of thioether (sulfide) groups is 1. The maximum Gasteiger partial charge on any atom is 0.326 e. The lowest BCUT2D eigenvalue weighted by Crippen LogP contribution is -2.42. The van der Waals surface area contributed by atoms with Crippen LogP contribution < -0.4 is 4.87 Å². The highest BCUT2D eigenvalue weighted by Crippen LogP contribution is 2.68. The Bertz CT molecular complexity index is 1220. The Hall–Kier alpha value is -1.91. The summed E-state index contributed by atoms with van der Waals surface area (Å²) in [7, 11) is 0. The third-order valence-corrected chi connectivity index (χ3v) is 10.8. The van der Waals surface area contributed by atoms with Gasteiger partial charge in [-0.2, -0.15) is 0 Å². The predicted octanol–water partition coefficient (Wildman–Crippen LogP) is 3.24. The number of H-pyrrole nitrogens is 1. The number of likely N-dealkylation sites (tertiary alicyclic amines) is 1. The molecule has 2 saturated carbocycles. The number of fused-ring (bicyclic) bond motifs is 9. The predicted molar refractivity (Wildman–Crippen MR) is 126 cm³/mol. The number of hydrogen-bond acceptors (Lipinski definition) is 7. The van der Waals surface area contributed by atoms with Gasteiger partial charge in [-0.05, 0) is 48.8 Å². The van der Waals surface area contributed by atoms with E-state index in [9.17, 15) is 19.2 Å². The second kappa shape index (κ2) is 7.81. The van der Waals surface area contributed by atoms with Crippen molar-refractivity contribution < 1.29 is 19.1 Å². The molecule has 6 rings (SSSR count). The maximum atomic E-state index is 13.4. The van der Waals surface area contributed by atoms with Crippen LogP contribution in [0.25, 0.3) is 0 Å². The zero-order valence-corrected chi connectivity index (χ0v) is 20.9. The molecule has 2 aliphatic heterocycles. The Balaban J connectivity index is 1.39. The number of benzene rings is 1. The molecule has 172 valence electrons. The van der Waals surface area contributed by atoms with Crippen molar-refractivity contribution in [2.24, 2.45) is 29.6 Å². The summed E-state index contributed by atoms with van der Waals surface area (Å²) in [5.74, 6) is -1.57. The Kier molecular flexibility index (Phi) is 5.12. The Morgan fingerprint density at radius 3 is 2.55 bits per heavy atom. The SMILES string of the molecule is CCOC(=O)CN1C(=O)C2C3CC(C2C1=O)C1C3Sc2[nH]c(=O)sc2[C@@H]1c1ccc(Br)cc1. The quantitative estimate of drug-likeness (QED) is 0.465. The van der Waals surface area contributed by atoms with Crippen LogP contribution in [0.3, 0.4) is 0 Å². The van der Waals surface area contributed by atoms with Gasteiger partial charge >= 0.3 is 10.8 Å². The van der Waals surface area contributed by atoms with Crippen LogP contribution in [0.15, 0.2) is 38.6 Å². The van der Waals surface area contributed by atoms with Crippen molar-refractivity contribution in [1.82, 2.24) is 9.88 Å². The van der Waals surface area contributed by atoms with Gasteiger partial charge < -0.3 is 9.72 Å². The van der Waals surface area contributed by atoms with Crippen LogP contribution in [-0.2, 0) is 19.1 Å². The molecule has 1 saturated heterocycles. The number of ether oxygens (including phenoxy) is 1. The van der Waals surface area contributed by atoms with Gasteiger partial charge in [-0.3, -0.25) is 24.1 Å². The van der Waals surface area contributed by atoms with Crippen LogP contribution in [-0.4, -0.2) is 46.1 Å². The van der Waals surface area contributed by atoms with E-state index >= 15 is 0 Å². The molecule has 2 aromatic rings. The van der Waals surface area contributed by atoms with Gasteiger partial charge in [0.1, 0.15) is 6.54 Å². The highest BCUT2D eigenvalue weighted by molar-refractivity contribution is 9.10. The number of rotatable bonds is 4. The van der Waals surface area contributed by atoms with Gasteiger partial charge in [0.05, 0.1) is 23.5 Å². The van der Waals surface area contributed by atoms with E-state index in [2.05, 4.69) is 33.0 Å². The second-order valence-electron chi connectivity index (χ2n) is 9.08.